The lowest BCUT2D eigenvalue weighted by molar-refractivity contribution is -0.144. The van der Waals surface area contributed by atoms with E-state index in [-0.39, 0.29) is 19.0 Å². The maximum Gasteiger partial charge on any atom is 0.312 e. The molecule has 0 saturated carbocycles. The molecule has 0 amide bonds. The van der Waals surface area contributed by atoms with Crippen LogP contribution in [0.3, 0.4) is 0 Å². The van der Waals surface area contributed by atoms with Crippen LogP contribution in [-0.2, 0) is 22.6 Å². The molecule has 0 aliphatic rings. The standard InChI is InChI=1S/C18H16N2O2S2/c1-23-16-6-4-13(5-7-16)11-22-17(21)9-15-12-24-18(20-15)14-3-2-8-19-10-14/h2-8,10,12H,9,11H2,1H3. The Morgan fingerprint density at radius 3 is 2.79 bits per heavy atom. The van der Waals surface area contributed by atoms with Gasteiger partial charge in [-0.2, -0.15) is 0 Å². The lowest BCUT2D eigenvalue weighted by Crippen LogP contribution is -2.08. The van der Waals surface area contributed by atoms with Crippen LogP contribution >= 0.6 is 23.1 Å². The summed E-state index contributed by atoms with van der Waals surface area (Å²) >= 11 is 3.19. The molecule has 122 valence electrons. The Morgan fingerprint density at radius 2 is 2.08 bits per heavy atom. The van der Waals surface area contributed by atoms with E-state index < -0.39 is 0 Å². The van der Waals surface area contributed by atoms with E-state index in [4.69, 9.17) is 4.74 Å². The number of ether oxygens (including phenoxy) is 1. The molecule has 6 heteroatoms. The second kappa shape index (κ2) is 8.08. The summed E-state index contributed by atoms with van der Waals surface area (Å²) in [5, 5.41) is 2.75. The average Bonchev–Trinajstić information content (AvgIpc) is 3.09. The normalized spacial score (nSPS) is 10.5. The zero-order valence-corrected chi connectivity index (χ0v) is 14.8. The molecule has 1 aromatic carbocycles. The molecular formula is C18H16N2O2S2. The van der Waals surface area contributed by atoms with Gasteiger partial charge >= 0.3 is 5.97 Å². The molecule has 0 unspecified atom stereocenters. The van der Waals surface area contributed by atoms with Gasteiger partial charge in [-0.1, -0.05) is 12.1 Å². The molecule has 2 aromatic heterocycles. The lowest BCUT2D eigenvalue weighted by Gasteiger charge is -2.04. The summed E-state index contributed by atoms with van der Waals surface area (Å²) in [6.45, 7) is 0.285. The highest BCUT2D eigenvalue weighted by Crippen LogP contribution is 2.23. The van der Waals surface area contributed by atoms with Crippen molar-refractivity contribution in [1.82, 2.24) is 9.97 Å². The molecule has 0 radical (unpaired) electrons. The second-order valence-corrected chi connectivity index (χ2v) is 6.81. The van der Waals surface area contributed by atoms with Crippen molar-refractivity contribution in [1.29, 1.82) is 0 Å². The van der Waals surface area contributed by atoms with Crippen molar-refractivity contribution >= 4 is 29.1 Å². The third-order valence-electron chi connectivity index (χ3n) is 3.34. The number of benzene rings is 1. The molecular weight excluding hydrogens is 340 g/mol. The van der Waals surface area contributed by atoms with Gasteiger partial charge < -0.3 is 4.74 Å². The molecule has 0 N–H and O–H groups in total. The molecule has 0 fully saturated rings. The summed E-state index contributed by atoms with van der Waals surface area (Å²) in [4.78, 5) is 21.7. The Balaban J connectivity index is 1.54. The first-order valence-corrected chi connectivity index (χ1v) is 9.48. The zero-order chi connectivity index (χ0) is 16.8. The van der Waals surface area contributed by atoms with Crippen molar-refractivity contribution < 1.29 is 9.53 Å². The van der Waals surface area contributed by atoms with Gasteiger partial charge in [0, 0.05) is 28.2 Å². The molecule has 24 heavy (non-hydrogen) atoms. The number of nitrogens with zero attached hydrogens (tertiary/aromatic N) is 2. The second-order valence-electron chi connectivity index (χ2n) is 5.07. The van der Waals surface area contributed by atoms with E-state index in [1.807, 2.05) is 48.0 Å². The quantitative estimate of drug-likeness (QED) is 0.489. The summed E-state index contributed by atoms with van der Waals surface area (Å²) in [5.74, 6) is -0.271. The fraction of sp³-hybridized carbons (Fsp3) is 0.167. The van der Waals surface area contributed by atoms with Crippen molar-refractivity contribution in [3.8, 4) is 10.6 Å². The van der Waals surface area contributed by atoms with E-state index >= 15 is 0 Å². The molecule has 0 aliphatic carbocycles. The van der Waals surface area contributed by atoms with Crippen molar-refractivity contribution in [2.45, 2.75) is 17.9 Å². The molecule has 0 atom stereocenters. The summed E-state index contributed by atoms with van der Waals surface area (Å²) < 4.78 is 5.33. The van der Waals surface area contributed by atoms with Crippen molar-refractivity contribution in [2.24, 2.45) is 0 Å². The van der Waals surface area contributed by atoms with Crippen LogP contribution in [0.1, 0.15) is 11.3 Å². The Labute approximate surface area is 148 Å². The summed E-state index contributed by atoms with van der Waals surface area (Å²) in [6, 6.07) is 11.8. The van der Waals surface area contributed by atoms with Gasteiger partial charge in [0.15, 0.2) is 0 Å². The molecule has 4 nitrogen and oxygen atoms in total. The van der Waals surface area contributed by atoms with Gasteiger partial charge in [0.25, 0.3) is 0 Å². The Hall–Kier alpha value is -2.18. The lowest BCUT2D eigenvalue weighted by atomic mass is 10.2. The molecule has 3 rings (SSSR count). The number of esters is 1. The van der Waals surface area contributed by atoms with Gasteiger partial charge in [0.05, 0.1) is 12.1 Å². The van der Waals surface area contributed by atoms with Crippen LogP contribution in [0.4, 0.5) is 0 Å². The van der Waals surface area contributed by atoms with E-state index in [1.165, 1.54) is 16.2 Å². The van der Waals surface area contributed by atoms with Crippen LogP contribution in [-0.4, -0.2) is 22.2 Å². The number of hydrogen-bond donors (Lipinski definition) is 0. The number of rotatable bonds is 6. The van der Waals surface area contributed by atoms with E-state index in [2.05, 4.69) is 9.97 Å². The van der Waals surface area contributed by atoms with Crippen LogP contribution < -0.4 is 0 Å². The number of carbonyl (C=O) groups is 1. The zero-order valence-electron chi connectivity index (χ0n) is 13.1. The van der Waals surface area contributed by atoms with Gasteiger partial charge in [-0.3, -0.25) is 9.78 Å². The number of thiazole rings is 1. The van der Waals surface area contributed by atoms with Gasteiger partial charge in [0.2, 0.25) is 0 Å². The number of carbonyl (C=O) groups excluding carboxylic acids is 1. The highest BCUT2D eigenvalue weighted by atomic mass is 32.2. The number of pyridine rings is 1. The van der Waals surface area contributed by atoms with E-state index in [9.17, 15) is 4.79 Å². The third kappa shape index (κ3) is 4.43. The highest BCUT2D eigenvalue weighted by molar-refractivity contribution is 7.98. The van der Waals surface area contributed by atoms with Crippen molar-refractivity contribution in [2.75, 3.05) is 6.26 Å². The summed E-state index contributed by atoms with van der Waals surface area (Å²) in [6.07, 6.45) is 5.70. The van der Waals surface area contributed by atoms with Crippen LogP contribution in [0, 0.1) is 0 Å². The molecule has 2 heterocycles. The largest absolute Gasteiger partial charge is 0.461 e. The van der Waals surface area contributed by atoms with Gasteiger partial charge in [-0.25, -0.2) is 4.98 Å². The fourth-order valence-electron chi connectivity index (χ4n) is 2.09. The Kier molecular flexibility index (Phi) is 5.61. The number of thioether (sulfide) groups is 1. The predicted molar refractivity (Wildman–Crippen MR) is 97.1 cm³/mol. The minimum atomic E-state index is -0.271. The van der Waals surface area contributed by atoms with Crippen molar-refractivity contribution in [3.05, 3.63) is 65.4 Å². The topological polar surface area (TPSA) is 52.1 Å². The maximum absolute atomic E-state index is 12.0. The van der Waals surface area contributed by atoms with Gasteiger partial charge in [0.1, 0.15) is 11.6 Å². The molecule has 0 saturated heterocycles. The average molecular weight is 356 g/mol. The van der Waals surface area contributed by atoms with E-state index in [1.54, 1.807) is 24.2 Å². The highest BCUT2D eigenvalue weighted by Gasteiger charge is 2.10. The van der Waals surface area contributed by atoms with Crippen LogP contribution in [0.5, 0.6) is 0 Å². The number of hydrogen-bond acceptors (Lipinski definition) is 6. The van der Waals surface area contributed by atoms with Gasteiger partial charge in [-0.15, -0.1) is 23.1 Å². The molecule has 0 aliphatic heterocycles. The molecule has 0 spiro atoms. The first-order chi connectivity index (χ1) is 11.7. The monoisotopic (exact) mass is 356 g/mol. The SMILES string of the molecule is CSc1ccc(COC(=O)Cc2csc(-c3cccnc3)n2)cc1. The maximum atomic E-state index is 12.0. The summed E-state index contributed by atoms with van der Waals surface area (Å²) in [7, 11) is 0. The molecule has 0 bridgehead atoms. The first kappa shape index (κ1) is 16.7. The first-order valence-electron chi connectivity index (χ1n) is 7.38. The minimum absolute atomic E-state index is 0.180. The van der Waals surface area contributed by atoms with Crippen LogP contribution in [0.15, 0.2) is 59.1 Å². The smallest absolute Gasteiger partial charge is 0.312 e. The van der Waals surface area contributed by atoms with E-state index in [0.29, 0.717) is 0 Å². The van der Waals surface area contributed by atoms with Crippen LogP contribution in [0.25, 0.3) is 10.6 Å². The van der Waals surface area contributed by atoms with Gasteiger partial charge in [-0.05, 0) is 36.1 Å². The Bertz CT molecular complexity index is 801. The Morgan fingerprint density at radius 1 is 1.25 bits per heavy atom. The fourth-order valence-corrected chi connectivity index (χ4v) is 3.31. The van der Waals surface area contributed by atoms with Crippen molar-refractivity contribution in [3.63, 3.8) is 0 Å². The molecule has 3 aromatic rings. The third-order valence-corrected chi connectivity index (χ3v) is 5.03. The predicted octanol–water partition coefficient (Wildman–Crippen LogP) is 4.21. The summed E-state index contributed by atoms with van der Waals surface area (Å²) in [5.41, 5.74) is 2.66. The van der Waals surface area contributed by atoms with E-state index in [0.717, 1.165) is 21.8 Å². The number of aromatic nitrogens is 2. The minimum Gasteiger partial charge on any atom is -0.461 e. The van der Waals surface area contributed by atoms with Crippen LogP contribution in [0.2, 0.25) is 0 Å².